The van der Waals surface area contributed by atoms with Crippen LogP contribution in [0.15, 0.2) is 18.2 Å². The first-order chi connectivity index (χ1) is 10.1. The number of primary amides is 1. The molecule has 4 heteroatoms. The second-order valence-electron chi connectivity index (χ2n) is 6.45. The molecule has 0 atom stereocenters. The minimum atomic E-state index is -0.144. The van der Waals surface area contributed by atoms with Crippen LogP contribution >= 0.6 is 0 Å². The molecule has 3 N–H and O–H groups in total. The minimum absolute atomic E-state index is 0.0553. The van der Waals surface area contributed by atoms with Crippen LogP contribution in [-0.2, 0) is 11.3 Å². The van der Waals surface area contributed by atoms with Crippen molar-refractivity contribution in [1.29, 1.82) is 0 Å². The van der Waals surface area contributed by atoms with Gasteiger partial charge in [-0.15, -0.1) is 0 Å². The van der Waals surface area contributed by atoms with Gasteiger partial charge in [-0.3, -0.25) is 4.79 Å². The molecular weight excluding hydrogens is 262 g/mol. The number of nitrogens with zero attached hydrogens (tertiary/aromatic N) is 1. The van der Waals surface area contributed by atoms with Crippen LogP contribution in [-0.4, -0.2) is 25.0 Å². The molecule has 2 aliphatic rings. The highest BCUT2D eigenvalue weighted by Gasteiger charge is 2.25. The average molecular weight is 287 g/mol. The van der Waals surface area contributed by atoms with E-state index >= 15 is 0 Å². The monoisotopic (exact) mass is 287 g/mol. The van der Waals surface area contributed by atoms with Crippen molar-refractivity contribution in [3.05, 3.63) is 29.3 Å². The average Bonchev–Trinajstić information content (AvgIpc) is 3.29. The Morgan fingerprint density at radius 2 is 2.00 bits per heavy atom. The predicted molar refractivity (Wildman–Crippen MR) is 85.2 cm³/mol. The Labute approximate surface area is 126 Å². The van der Waals surface area contributed by atoms with Gasteiger partial charge in [-0.1, -0.05) is 17.7 Å². The number of piperidine rings is 1. The summed E-state index contributed by atoms with van der Waals surface area (Å²) in [5, 5.41) is 3.61. The van der Waals surface area contributed by atoms with Crippen LogP contribution in [0.2, 0.25) is 0 Å². The van der Waals surface area contributed by atoms with Crippen molar-refractivity contribution in [3.63, 3.8) is 0 Å². The summed E-state index contributed by atoms with van der Waals surface area (Å²) in [7, 11) is 0. The van der Waals surface area contributed by atoms with Gasteiger partial charge in [0.2, 0.25) is 5.91 Å². The smallest absolute Gasteiger partial charge is 0.220 e. The lowest BCUT2D eigenvalue weighted by Gasteiger charge is -2.34. The Balaban J connectivity index is 1.70. The molecule has 114 valence electrons. The van der Waals surface area contributed by atoms with Gasteiger partial charge in [-0.2, -0.15) is 0 Å². The van der Waals surface area contributed by atoms with E-state index in [1.807, 2.05) is 0 Å². The maximum Gasteiger partial charge on any atom is 0.220 e. The fourth-order valence-electron chi connectivity index (χ4n) is 3.11. The molecule has 1 amide bonds. The highest BCUT2D eigenvalue weighted by molar-refractivity contribution is 5.77. The Morgan fingerprint density at radius 1 is 1.29 bits per heavy atom. The number of nitrogens with two attached hydrogens (primary N) is 1. The van der Waals surface area contributed by atoms with Gasteiger partial charge in [0.15, 0.2) is 0 Å². The number of benzene rings is 1. The van der Waals surface area contributed by atoms with Gasteiger partial charge in [0, 0.05) is 37.3 Å². The molecule has 0 spiro atoms. The standard InChI is InChI=1S/C17H25N3O/c1-12-2-5-16(14(10-12)11-19-15-3-4-15)20-8-6-13(7-9-20)17(18)21/h2,5,10,13,15,19H,3-4,6-9,11H2,1H3,(H2,18,21). The predicted octanol–water partition coefficient (Wildman–Crippen LogP) is 1.95. The van der Waals surface area contributed by atoms with E-state index in [9.17, 15) is 4.79 Å². The van der Waals surface area contributed by atoms with E-state index in [-0.39, 0.29) is 11.8 Å². The van der Waals surface area contributed by atoms with E-state index in [0.717, 1.165) is 38.5 Å². The van der Waals surface area contributed by atoms with Gasteiger partial charge in [-0.25, -0.2) is 0 Å². The lowest BCUT2D eigenvalue weighted by molar-refractivity contribution is -0.122. The topological polar surface area (TPSA) is 58.4 Å². The number of rotatable bonds is 5. The van der Waals surface area contributed by atoms with E-state index in [2.05, 4.69) is 35.3 Å². The fourth-order valence-corrected chi connectivity index (χ4v) is 3.11. The third-order valence-electron chi connectivity index (χ3n) is 4.63. The van der Waals surface area contributed by atoms with Gasteiger partial charge in [0.25, 0.3) is 0 Å². The van der Waals surface area contributed by atoms with Crippen LogP contribution in [0, 0.1) is 12.8 Å². The largest absolute Gasteiger partial charge is 0.371 e. The SMILES string of the molecule is Cc1ccc(N2CCC(C(N)=O)CC2)c(CNC2CC2)c1. The third-order valence-corrected chi connectivity index (χ3v) is 4.63. The first-order valence-electron chi connectivity index (χ1n) is 8.00. The summed E-state index contributed by atoms with van der Waals surface area (Å²) in [6.45, 7) is 4.93. The third kappa shape index (κ3) is 3.56. The lowest BCUT2D eigenvalue weighted by Crippen LogP contribution is -2.39. The van der Waals surface area contributed by atoms with E-state index in [1.54, 1.807) is 0 Å². The zero-order chi connectivity index (χ0) is 14.8. The fraction of sp³-hybridized carbons (Fsp3) is 0.588. The molecule has 0 aromatic heterocycles. The second kappa shape index (κ2) is 6.06. The summed E-state index contributed by atoms with van der Waals surface area (Å²) < 4.78 is 0. The van der Waals surface area contributed by atoms with Gasteiger partial charge in [0.1, 0.15) is 0 Å². The normalized spacial score (nSPS) is 19.8. The van der Waals surface area contributed by atoms with Crippen molar-refractivity contribution < 1.29 is 4.79 Å². The number of hydrogen-bond donors (Lipinski definition) is 2. The Hall–Kier alpha value is -1.55. The van der Waals surface area contributed by atoms with Gasteiger partial charge in [0.05, 0.1) is 0 Å². The van der Waals surface area contributed by atoms with E-state index in [4.69, 9.17) is 5.73 Å². The van der Waals surface area contributed by atoms with Crippen molar-refractivity contribution in [1.82, 2.24) is 5.32 Å². The number of anilines is 1. The van der Waals surface area contributed by atoms with Crippen LogP contribution < -0.4 is 16.0 Å². The van der Waals surface area contributed by atoms with Gasteiger partial charge in [-0.05, 0) is 44.2 Å². The van der Waals surface area contributed by atoms with Crippen molar-refractivity contribution >= 4 is 11.6 Å². The van der Waals surface area contributed by atoms with Crippen molar-refractivity contribution in [2.24, 2.45) is 11.7 Å². The second-order valence-corrected chi connectivity index (χ2v) is 6.45. The maximum atomic E-state index is 11.3. The highest BCUT2D eigenvalue weighted by atomic mass is 16.1. The first kappa shape index (κ1) is 14.4. The molecule has 1 saturated heterocycles. The molecule has 0 radical (unpaired) electrons. The molecule has 3 rings (SSSR count). The molecule has 1 aromatic rings. The van der Waals surface area contributed by atoms with E-state index < -0.39 is 0 Å². The summed E-state index contributed by atoms with van der Waals surface area (Å²) in [5.41, 5.74) is 9.42. The molecule has 1 saturated carbocycles. The van der Waals surface area contributed by atoms with E-state index in [1.165, 1.54) is 29.7 Å². The zero-order valence-corrected chi connectivity index (χ0v) is 12.8. The lowest BCUT2D eigenvalue weighted by atomic mass is 9.95. The van der Waals surface area contributed by atoms with Crippen LogP contribution in [0.5, 0.6) is 0 Å². The molecular formula is C17H25N3O. The Bertz CT molecular complexity index is 517. The van der Waals surface area contributed by atoms with Crippen molar-refractivity contribution in [3.8, 4) is 0 Å². The first-order valence-corrected chi connectivity index (χ1v) is 8.00. The van der Waals surface area contributed by atoms with Crippen LogP contribution in [0.3, 0.4) is 0 Å². The Morgan fingerprint density at radius 3 is 2.62 bits per heavy atom. The van der Waals surface area contributed by atoms with Gasteiger partial charge < -0.3 is 16.0 Å². The molecule has 1 aromatic carbocycles. The highest BCUT2D eigenvalue weighted by Crippen LogP contribution is 2.28. The van der Waals surface area contributed by atoms with Crippen LogP contribution in [0.4, 0.5) is 5.69 Å². The number of carbonyl (C=O) groups excluding carboxylic acids is 1. The Kier molecular flexibility index (Phi) is 4.15. The molecule has 0 unspecified atom stereocenters. The number of carbonyl (C=O) groups is 1. The van der Waals surface area contributed by atoms with Crippen LogP contribution in [0.1, 0.15) is 36.8 Å². The maximum absolute atomic E-state index is 11.3. The number of hydrogen-bond acceptors (Lipinski definition) is 3. The quantitative estimate of drug-likeness (QED) is 0.870. The summed E-state index contributed by atoms with van der Waals surface area (Å²) in [6, 6.07) is 7.41. The number of aryl methyl sites for hydroxylation is 1. The van der Waals surface area contributed by atoms with Crippen molar-refractivity contribution in [2.45, 2.75) is 45.2 Å². The summed E-state index contributed by atoms with van der Waals surface area (Å²) in [5.74, 6) is -0.0890. The molecule has 21 heavy (non-hydrogen) atoms. The molecule has 0 bridgehead atoms. The molecule has 1 aliphatic carbocycles. The number of nitrogens with one attached hydrogen (secondary N) is 1. The summed E-state index contributed by atoms with van der Waals surface area (Å²) in [4.78, 5) is 13.7. The van der Waals surface area contributed by atoms with Crippen LogP contribution in [0.25, 0.3) is 0 Å². The summed E-state index contributed by atoms with van der Waals surface area (Å²) in [6.07, 6.45) is 4.37. The molecule has 1 heterocycles. The van der Waals surface area contributed by atoms with Gasteiger partial charge >= 0.3 is 0 Å². The number of amides is 1. The van der Waals surface area contributed by atoms with E-state index in [0.29, 0.717) is 0 Å². The summed E-state index contributed by atoms with van der Waals surface area (Å²) >= 11 is 0. The minimum Gasteiger partial charge on any atom is -0.371 e. The molecule has 1 aliphatic heterocycles. The van der Waals surface area contributed by atoms with Crippen molar-refractivity contribution in [2.75, 3.05) is 18.0 Å². The molecule has 2 fully saturated rings. The zero-order valence-electron chi connectivity index (χ0n) is 12.8. The molecule has 4 nitrogen and oxygen atoms in total.